The van der Waals surface area contributed by atoms with Crippen molar-refractivity contribution in [1.82, 2.24) is 19.3 Å². The third-order valence-electron chi connectivity index (χ3n) is 4.92. The highest BCUT2D eigenvalue weighted by atomic mass is 32.2. The SMILES string of the molecule is COc1ccc(S(=O)(=O)N2CCN(Cc3cc(-c4cccnc4)no3)CC2)cc1. The van der Waals surface area contributed by atoms with Crippen molar-refractivity contribution in [3.8, 4) is 17.0 Å². The number of methoxy groups -OCH3 is 1. The van der Waals surface area contributed by atoms with Crippen molar-refractivity contribution in [2.45, 2.75) is 11.4 Å². The minimum Gasteiger partial charge on any atom is -0.497 e. The van der Waals surface area contributed by atoms with Gasteiger partial charge in [0.05, 0.1) is 18.6 Å². The number of rotatable bonds is 6. The van der Waals surface area contributed by atoms with Crippen LogP contribution in [0, 0.1) is 0 Å². The number of benzene rings is 1. The van der Waals surface area contributed by atoms with E-state index in [1.54, 1.807) is 43.8 Å². The first-order chi connectivity index (χ1) is 14.1. The molecule has 0 unspecified atom stereocenters. The molecule has 1 fully saturated rings. The topological polar surface area (TPSA) is 88.8 Å². The van der Waals surface area contributed by atoms with Crippen molar-refractivity contribution in [1.29, 1.82) is 0 Å². The van der Waals surface area contributed by atoms with Gasteiger partial charge in [0.1, 0.15) is 11.4 Å². The van der Waals surface area contributed by atoms with Crippen LogP contribution in [0.15, 0.2) is 64.3 Å². The summed E-state index contributed by atoms with van der Waals surface area (Å²) in [6.45, 7) is 2.69. The Morgan fingerprint density at radius 3 is 2.52 bits per heavy atom. The Morgan fingerprint density at radius 2 is 1.86 bits per heavy atom. The first-order valence-electron chi connectivity index (χ1n) is 9.29. The molecule has 4 rings (SSSR count). The number of aromatic nitrogens is 2. The van der Waals surface area contributed by atoms with E-state index in [1.807, 2.05) is 18.2 Å². The van der Waals surface area contributed by atoms with Crippen molar-refractivity contribution < 1.29 is 17.7 Å². The summed E-state index contributed by atoms with van der Waals surface area (Å²) in [5.41, 5.74) is 1.65. The first-order valence-corrected chi connectivity index (χ1v) is 10.7. The standard InChI is InChI=1S/C20H22N4O4S/c1-27-17-4-6-19(7-5-17)29(25,26)24-11-9-23(10-12-24)15-18-13-20(22-28-18)16-3-2-8-21-14-16/h2-8,13-14H,9-12,15H2,1H3. The lowest BCUT2D eigenvalue weighted by atomic mass is 10.2. The van der Waals surface area contributed by atoms with Gasteiger partial charge in [0.15, 0.2) is 5.76 Å². The van der Waals surface area contributed by atoms with Crippen molar-refractivity contribution >= 4 is 10.0 Å². The number of pyridine rings is 1. The lowest BCUT2D eigenvalue weighted by Gasteiger charge is -2.33. The van der Waals surface area contributed by atoms with Crippen molar-refractivity contribution in [2.75, 3.05) is 33.3 Å². The Balaban J connectivity index is 1.36. The van der Waals surface area contributed by atoms with Crippen LogP contribution >= 0.6 is 0 Å². The molecule has 1 aliphatic rings. The molecule has 1 aromatic carbocycles. The van der Waals surface area contributed by atoms with Gasteiger partial charge in [0, 0.05) is 50.2 Å². The molecule has 0 N–H and O–H groups in total. The first kappa shape index (κ1) is 19.6. The van der Waals surface area contributed by atoms with Crippen LogP contribution in [0.2, 0.25) is 0 Å². The molecule has 3 heterocycles. The van der Waals surface area contributed by atoms with E-state index in [0.717, 1.165) is 17.0 Å². The zero-order valence-electron chi connectivity index (χ0n) is 16.1. The van der Waals surface area contributed by atoms with Gasteiger partial charge in [0.2, 0.25) is 10.0 Å². The second-order valence-corrected chi connectivity index (χ2v) is 8.71. The van der Waals surface area contributed by atoms with E-state index in [4.69, 9.17) is 9.26 Å². The molecule has 2 aromatic heterocycles. The van der Waals surface area contributed by atoms with Crippen LogP contribution < -0.4 is 4.74 Å². The molecule has 1 saturated heterocycles. The fourth-order valence-corrected chi connectivity index (χ4v) is 4.71. The Labute approximate surface area is 169 Å². The molecule has 29 heavy (non-hydrogen) atoms. The van der Waals surface area contributed by atoms with Crippen molar-refractivity contribution in [2.24, 2.45) is 0 Å². The summed E-state index contributed by atoms with van der Waals surface area (Å²) < 4.78 is 37.7. The number of ether oxygens (including phenoxy) is 1. The lowest BCUT2D eigenvalue weighted by molar-refractivity contribution is 0.166. The summed E-state index contributed by atoms with van der Waals surface area (Å²) >= 11 is 0. The molecule has 3 aromatic rings. The predicted molar refractivity (Wildman–Crippen MR) is 107 cm³/mol. The van der Waals surface area contributed by atoms with E-state index in [0.29, 0.717) is 38.5 Å². The number of sulfonamides is 1. The average molecular weight is 414 g/mol. The number of hydrogen-bond acceptors (Lipinski definition) is 7. The largest absolute Gasteiger partial charge is 0.497 e. The minimum atomic E-state index is -3.51. The highest BCUT2D eigenvalue weighted by Gasteiger charge is 2.28. The van der Waals surface area contributed by atoms with Gasteiger partial charge in [-0.25, -0.2) is 8.42 Å². The van der Waals surface area contributed by atoms with Gasteiger partial charge in [0.25, 0.3) is 0 Å². The van der Waals surface area contributed by atoms with Gasteiger partial charge in [-0.1, -0.05) is 5.16 Å². The maximum atomic E-state index is 12.8. The maximum Gasteiger partial charge on any atom is 0.243 e. The molecule has 1 aliphatic heterocycles. The highest BCUT2D eigenvalue weighted by Crippen LogP contribution is 2.22. The fourth-order valence-electron chi connectivity index (χ4n) is 3.28. The van der Waals surface area contributed by atoms with Gasteiger partial charge in [-0.15, -0.1) is 0 Å². The third-order valence-corrected chi connectivity index (χ3v) is 6.84. The summed E-state index contributed by atoms with van der Waals surface area (Å²) in [7, 11) is -1.95. The normalized spacial score (nSPS) is 16.0. The minimum absolute atomic E-state index is 0.281. The molecule has 0 radical (unpaired) electrons. The van der Waals surface area contributed by atoms with Crippen LogP contribution in [-0.4, -0.2) is 61.1 Å². The molecule has 152 valence electrons. The molecule has 8 nitrogen and oxygen atoms in total. The highest BCUT2D eigenvalue weighted by molar-refractivity contribution is 7.89. The number of piperazine rings is 1. The second kappa shape index (κ2) is 8.32. The van der Waals surface area contributed by atoms with Crippen LogP contribution in [0.25, 0.3) is 11.3 Å². The van der Waals surface area contributed by atoms with E-state index < -0.39 is 10.0 Å². The monoisotopic (exact) mass is 414 g/mol. The molecule has 0 amide bonds. The summed E-state index contributed by atoms with van der Waals surface area (Å²) in [4.78, 5) is 6.53. The molecule has 0 bridgehead atoms. The van der Waals surface area contributed by atoms with Crippen LogP contribution in [0.3, 0.4) is 0 Å². The van der Waals surface area contributed by atoms with Crippen LogP contribution in [0.4, 0.5) is 0 Å². The Morgan fingerprint density at radius 1 is 1.10 bits per heavy atom. The fraction of sp³-hybridized carbons (Fsp3) is 0.300. The van der Waals surface area contributed by atoms with Gasteiger partial charge in [-0.05, 0) is 36.4 Å². The Kier molecular flexibility index (Phi) is 5.61. The quantitative estimate of drug-likeness (QED) is 0.611. The van der Waals surface area contributed by atoms with Gasteiger partial charge in [-0.3, -0.25) is 9.88 Å². The van der Waals surface area contributed by atoms with Crippen molar-refractivity contribution in [3.05, 3.63) is 60.6 Å². The van der Waals surface area contributed by atoms with Gasteiger partial charge in [-0.2, -0.15) is 4.31 Å². The molecular formula is C20H22N4O4S. The summed E-state index contributed by atoms with van der Waals surface area (Å²) in [5.74, 6) is 1.38. The van der Waals surface area contributed by atoms with E-state index >= 15 is 0 Å². The van der Waals surface area contributed by atoms with Crippen LogP contribution in [0.1, 0.15) is 5.76 Å². The van der Waals surface area contributed by atoms with E-state index in [1.165, 1.54) is 4.31 Å². The van der Waals surface area contributed by atoms with Crippen LogP contribution in [-0.2, 0) is 16.6 Å². The molecule has 0 saturated carbocycles. The molecule has 0 atom stereocenters. The van der Waals surface area contributed by atoms with Crippen molar-refractivity contribution in [3.63, 3.8) is 0 Å². The summed E-state index contributed by atoms with van der Waals surface area (Å²) in [6.07, 6.45) is 3.45. The third kappa shape index (κ3) is 4.31. The van der Waals surface area contributed by atoms with Gasteiger partial charge >= 0.3 is 0 Å². The number of nitrogens with zero attached hydrogens (tertiary/aromatic N) is 4. The molecule has 0 aliphatic carbocycles. The smallest absolute Gasteiger partial charge is 0.243 e. The van der Waals surface area contributed by atoms with E-state index in [9.17, 15) is 8.42 Å². The summed E-state index contributed by atoms with van der Waals surface area (Å²) in [5, 5.41) is 4.10. The van der Waals surface area contributed by atoms with E-state index in [-0.39, 0.29) is 4.90 Å². The summed E-state index contributed by atoms with van der Waals surface area (Å²) in [6, 6.07) is 12.2. The predicted octanol–water partition coefficient (Wildman–Crippen LogP) is 2.25. The molecular weight excluding hydrogens is 392 g/mol. The number of hydrogen-bond donors (Lipinski definition) is 0. The lowest BCUT2D eigenvalue weighted by Crippen LogP contribution is -2.48. The maximum absolute atomic E-state index is 12.8. The Hall–Kier alpha value is -2.75. The Bertz CT molecular complexity index is 1040. The van der Waals surface area contributed by atoms with Crippen LogP contribution in [0.5, 0.6) is 5.75 Å². The average Bonchev–Trinajstić information content (AvgIpc) is 3.23. The second-order valence-electron chi connectivity index (χ2n) is 6.78. The van der Waals surface area contributed by atoms with Gasteiger partial charge < -0.3 is 9.26 Å². The molecule has 0 spiro atoms. The van der Waals surface area contributed by atoms with E-state index in [2.05, 4.69) is 15.0 Å². The molecule has 9 heteroatoms. The zero-order chi connectivity index (χ0) is 20.3. The zero-order valence-corrected chi connectivity index (χ0v) is 16.9.